The second-order valence-electron chi connectivity index (χ2n) is 3.52. The maximum absolute atomic E-state index is 10.5. The third-order valence-corrected chi connectivity index (χ3v) is 2.33. The summed E-state index contributed by atoms with van der Waals surface area (Å²) in [5.74, 6) is 0.623. The Balaban J connectivity index is 2.81. The van der Waals surface area contributed by atoms with Gasteiger partial charge in [0.2, 0.25) is 5.95 Å². The van der Waals surface area contributed by atoms with E-state index in [1.54, 1.807) is 7.11 Å². The van der Waals surface area contributed by atoms with Gasteiger partial charge in [-0.05, 0) is 13.8 Å². The molecule has 0 radical (unpaired) electrons. The molecule has 1 heterocycles. The molecule has 0 saturated heterocycles. The van der Waals surface area contributed by atoms with Gasteiger partial charge in [0.15, 0.2) is 6.29 Å². The van der Waals surface area contributed by atoms with Crippen molar-refractivity contribution < 1.29 is 9.53 Å². The van der Waals surface area contributed by atoms with Gasteiger partial charge in [0.1, 0.15) is 0 Å². The third-order valence-electron chi connectivity index (χ3n) is 2.33. The predicted molar refractivity (Wildman–Crippen MR) is 61.8 cm³/mol. The van der Waals surface area contributed by atoms with E-state index in [0.717, 1.165) is 12.8 Å². The first-order chi connectivity index (χ1) is 7.72. The minimum atomic E-state index is 0.206. The van der Waals surface area contributed by atoms with Gasteiger partial charge in [0.25, 0.3) is 0 Å². The molecule has 5 heteroatoms. The number of ether oxygens (including phenoxy) is 1. The number of aromatic nitrogens is 2. The van der Waals surface area contributed by atoms with Crippen LogP contribution in [-0.2, 0) is 4.74 Å². The van der Waals surface area contributed by atoms with Crippen molar-refractivity contribution in [3.63, 3.8) is 0 Å². The molecule has 5 nitrogen and oxygen atoms in total. The Hall–Kier alpha value is -1.49. The van der Waals surface area contributed by atoms with Gasteiger partial charge >= 0.3 is 0 Å². The van der Waals surface area contributed by atoms with E-state index in [-0.39, 0.29) is 6.04 Å². The van der Waals surface area contributed by atoms with Crippen molar-refractivity contribution in [2.24, 2.45) is 0 Å². The third kappa shape index (κ3) is 3.00. The van der Waals surface area contributed by atoms with Gasteiger partial charge in [-0.1, -0.05) is 0 Å². The highest BCUT2D eigenvalue weighted by Crippen LogP contribution is 2.10. The number of nitrogens with zero attached hydrogens (tertiary/aromatic N) is 3. The number of likely N-dealkylation sites (N-methyl/N-ethyl adjacent to an activating group) is 1. The minimum absolute atomic E-state index is 0.206. The van der Waals surface area contributed by atoms with Crippen molar-refractivity contribution in [3.05, 3.63) is 18.0 Å². The van der Waals surface area contributed by atoms with E-state index in [1.165, 1.54) is 12.4 Å². The molecular formula is C11H17N3O2. The fraction of sp³-hybridized carbons (Fsp3) is 0.545. The minimum Gasteiger partial charge on any atom is -0.383 e. The van der Waals surface area contributed by atoms with Crippen LogP contribution in [0.25, 0.3) is 0 Å². The predicted octanol–water partition coefficient (Wildman–Crippen LogP) is 1.15. The van der Waals surface area contributed by atoms with Crippen LogP contribution < -0.4 is 4.90 Å². The first kappa shape index (κ1) is 12.6. The molecule has 1 aromatic heterocycles. The number of aldehydes is 1. The molecule has 1 unspecified atom stereocenters. The maximum atomic E-state index is 10.5. The molecule has 0 aromatic carbocycles. The molecular weight excluding hydrogens is 206 g/mol. The topological polar surface area (TPSA) is 55.3 Å². The Morgan fingerprint density at radius 3 is 2.56 bits per heavy atom. The highest BCUT2D eigenvalue weighted by molar-refractivity contribution is 5.73. The summed E-state index contributed by atoms with van der Waals surface area (Å²) < 4.78 is 5.10. The monoisotopic (exact) mass is 223 g/mol. The van der Waals surface area contributed by atoms with Crippen LogP contribution in [0.2, 0.25) is 0 Å². The second-order valence-corrected chi connectivity index (χ2v) is 3.52. The van der Waals surface area contributed by atoms with Crippen LogP contribution in [-0.4, -0.2) is 42.6 Å². The molecule has 1 aromatic rings. The van der Waals surface area contributed by atoms with E-state index in [4.69, 9.17) is 4.74 Å². The molecule has 0 fully saturated rings. The normalized spacial score (nSPS) is 12.2. The second kappa shape index (κ2) is 6.17. The molecule has 0 aliphatic heterocycles. The van der Waals surface area contributed by atoms with Crippen LogP contribution in [0.4, 0.5) is 5.95 Å². The van der Waals surface area contributed by atoms with E-state index in [2.05, 4.69) is 9.97 Å². The molecule has 0 bridgehead atoms. The number of hydrogen-bond acceptors (Lipinski definition) is 5. The first-order valence-corrected chi connectivity index (χ1v) is 5.25. The highest BCUT2D eigenvalue weighted by Gasteiger charge is 2.14. The van der Waals surface area contributed by atoms with Crippen LogP contribution in [0.3, 0.4) is 0 Å². The fourth-order valence-electron chi connectivity index (χ4n) is 1.52. The summed E-state index contributed by atoms with van der Waals surface area (Å²) in [6, 6.07) is 0.206. The largest absolute Gasteiger partial charge is 0.383 e. The van der Waals surface area contributed by atoms with Crippen LogP contribution >= 0.6 is 0 Å². The number of anilines is 1. The van der Waals surface area contributed by atoms with Gasteiger partial charge in [-0.25, -0.2) is 9.97 Å². The maximum Gasteiger partial charge on any atom is 0.225 e. The fourth-order valence-corrected chi connectivity index (χ4v) is 1.52. The number of carbonyl (C=O) groups excluding carboxylic acids is 1. The number of rotatable bonds is 6. The van der Waals surface area contributed by atoms with Crippen molar-refractivity contribution in [1.29, 1.82) is 0 Å². The Bertz CT molecular complexity index is 327. The lowest BCUT2D eigenvalue weighted by molar-refractivity contribution is 0.112. The van der Waals surface area contributed by atoms with Crippen LogP contribution in [0, 0.1) is 0 Å². The molecule has 16 heavy (non-hydrogen) atoms. The standard InChI is InChI=1S/C11H17N3O2/c1-4-14(9(2)8-16-3)11-12-5-10(7-15)6-13-11/h5-7,9H,4,8H2,1-3H3. The van der Waals surface area contributed by atoms with Gasteiger partial charge < -0.3 is 9.64 Å². The van der Waals surface area contributed by atoms with E-state index in [9.17, 15) is 4.79 Å². The summed E-state index contributed by atoms with van der Waals surface area (Å²) in [4.78, 5) is 20.8. The quantitative estimate of drug-likeness (QED) is 0.677. The van der Waals surface area contributed by atoms with Crippen LogP contribution in [0.1, 0.15) is 24.2 Å². The SMILES string of the molecule is CCN(c1ncc(C=O)cn1)C(C)COC. The summed E-state index contributed by atoms with van der Waals surface area (Å²) in [6.07, 6.45) is 3.79. The van der Waals surface area contributed by atoms with Crippen molar-refractivity contribution in [2.45, 2.75) is 19.9 Å². The van der Waals surface area contributed by atoms with E-state index in [1.807, 2.05) is 18.7 Å². The van der Waals surface area contributed by atoms with Gasteiger partial charge in [-0.3, -0.25) is 4.79 Å². The molecule has 1 atom stereocenters. The van der Waals surface area contributed by atoms with Crippen LogP contribution in [0.15, 0.2) is 12.4 Å². The Kier molecular flexibility index (Phi) is 4.85. The lowest BCUT2D eigenvalue weighted by atomic mass is 10.3. The van der Waals surface area contributed by atoms with Crippen molar-refractivity contribution in [1.82, 2.24) is 9.97 Å². The van der Waals surface area contributed by atoms with Crippen molar-refractivity contribution >= 4 is 12.2 Å². The molecule has 0 N–H and O–H groups in total. The summed E-state index contributed by atoms with van der Waals surface area (Å²) in [5, 5.41) is 0. The molecule has 0 aliphatic rings. The molecule has 1 rings (SSSR count). The number of methoxy groups -OCH3 is 1. The average molecular weight is 223 g/mol. The Morgan fingerprint density at radius 2 is 2.12 bits per heavy atom. The highest BCUT2D eigenvalue weighted by atomic mass is 16.5. The summed E-state index contributed by atoms with van der Waals surface area (Å²) >= 11 is 0. The summed E-state index contributed by atoms with van der Waals surface area (Å²) in [7, 11) is 1.67. The van der Waals surface area contributed by atoms with E-state index >= 15 is 0 Å². The number of carbonyl (C=O) groups is 1. The van der Waals surface area contributed by atoms with Crippen molar-refractivity contribution in [3.8, 4) is 0 Å². The lowest BCUT2D eigenvalue weighted by Gasteiger charge is -2.27. The van der Waals surface area contributed by atoms with Gasteiger partial charge in [0, 0.05) is 26.0 Å². The first-order valence-electron chi connectivity index (χ1n) is 5.25. The Morgan fingerprint density at radius 1 is 1.50 bits per heavy atom. The van der Waals surface area contributed by atoms with Crippen LogP contribution in [0.5, 0.6) is 0 Å². The van der Waals surface area contributed by atoms with Gasteiger partial charge in [0.05, 0.1) is 18.2 Å². The zero-order valence-electron chi connectivity index (χ0n) is 9.88. The molecule has 88 valence electrons. The zero-order chi connectivity index (χ0) is 12.0. The Labute approximate surface area is 95.5 Å². The van der Waals surface area contributed by atoms with Crippen molar-refractivity contribution in [2.75, 3.05) is 25.2 Å². The summed E-state index contributed by atoms with van der Waals surface area (Å²) in [5.41, 5.74) is 0.485. The average Bonchev–Trinajstić information content (AvgIpc) is 2.31. The molecule has 0 amide bonds. The molecule has 0 saturated carbocycles. The lowest BCUT2D eigenvalue weighted by Crippen LogP contribution is -2.37. The van der Waals surface area contributed by atoms with Gasteiger partial charge in [-0.2, -0.15) is 0 Å². The van der Waals surface area contributed by atoms with E-state index < -0.39 is 0 Å². The number of hydrogen-bond donors (Lipinski definition) is 0. The van der Waals surface area contributed by atoms with E-state index in [0.29, 0.717) is 18.1 Å². The smallest absolute Gasteiger partial charge is 0.225 e. The van der Waals surface area contributed by atoms with Gasteiger partial charge in [-0.15, -0.1) is 0 Å². The zero-order valence-corrected chi connectivity index (χ0v) is 9.88. The summed E-state index contributed by atoms with van der Waals surface area (Å²) in [6.45, 7) is 5.49. The molecule has 0 aliphatic carbocycles. The molecule has 0 spiro atoms.